The van der Waals surface area contributed by atoms with E-state index in [0.29, 0.717) is 19.5 Å². The molecule has 0 spiro atoms. The third kappa shape index (κ3) is 2.59. The predicted molar refractivity (Wildman–Crippen MR) is 84.8 cm³/mol. The second kappa shape index (κ2) is 6.04. The van der Waals surface area contributed by atoms with Gasteiger partial charge in [-0.05, 0) is 29.0 Å². The number of nitrogens with one attached hydrogen (secondary N) is 1. The van der Waals surface area contributed by atoms with Gasteiger partial charge in [-0.15, -0.1) is 0 Å². The summed E-state index contributed by atoms with van der Waals surface area (Å²) in [6.07, 6.45) is 1.38. The maximum absolute atomic E-state index is 11.7. The monoisotopic (exact) mass is 316 g/mol. The van der Waals surface area contributed by atoms with Crippen LogP contribution in [0, 0.1) is 5.92 Å². The summed E-state index contributed by atoms with van der Waals surface area (Å²) < 4.78 is 4.79. The summed E-state index contributed by atoms with van der Waals surface area (Å²) in [5, 5.41) is 12.7. The van der Waals surface area contributed by atoms with Crippen molar-refractivity contribution in [1.29, 1.82) is 0 Å². The van der Waals surface area contributed by atoms with Gasteiger partial charge in [-0.3, -0.25) is 9.69 Å². The molecule has 1 fully saturated rings. The van der Waals surface area contributed by atoms with Crippen molar-refractivity contribution >= 4 is 18.1 Å². The first kappa shape index (κ1) is 15.6. The molecule has 0 bridgehead atoms. The van der Waals surface area contributed by atoms with Gasteiger partial charge in [0.15, 0.2) is 0 Å². The van der Waals surface area contributed by atoms with Gasteiger partial charge < -0.3 is 15.2 Å². The van der Waals surface area contributed by atoms with Gasteiger partial charge in [-0.25, -0.2) is 4.79 Å². The van der Waals surface area contributed by atoms with Crippen molar-refractivity contribution in [3.8, 4) is 0 Å². The van der Waals surface area contributed by atoms with Gasteiger partial charge in [-0.2, -0.15) is 0 Å². The highest BCUT2D eigenvalue weighted by Crippen LogP contribution is 2.43. The third-order valence-electron chi connectivity index (χ3n) is 4.77. The van der Waals surface area contributed by atoms with Gasteiger partial charge in [-0.1, -0.05) is 30.9 Å². The zero-order valence-corrected chi connectivity index (χ0v) is 13.0. The molecule has 1 aromatic carbocycles. The fourth-order valence-electron chi connectivity index (χ4n) is 3.75. The number of methoxy groups -OCH3 is 1. The lowest BCUT2D eigenvalue weighted by atomic mass is 9.88. The van der Waals surface area contributed by atoms with Crippen LogP contribution in [-0.2, 0) is 16.1 Å². The van der Waals surface area contributed by atoms with Crippen LogP contribution in [-0.4, -0.2) is 41.8 Å². The minimum atomic E-state index is -0.942. The van der Waals surface area contributed by atoms with Gasteiger partial charge in [0.25, 0.3) is 0 Å². The summed E-state index contributed by atoms with van der Waals surface area (Å²) in [5.41, 5.74) is 2.98. The number of rotatable bonds is 3. The van der Waals surface area contributed by atoms with Crippen molar-refractivity contribution in [2.24, 2.45) is 5.92 Å². The maximum atomic E-state index is 11.7. The quantitative estimate of drug-likeness (QED) is 0.834. The lowest BCUT2D eigenvalue weighted by Gasteiger charge is -2.28. The van der Waals surface area contributed by atoms with Crippen LogP contribution in [0.4, 0.5) is 4.79 Å². The van der Waals surface area contributed by atoms with E-state index in [2.05, 4.69) is 11.9 Å². The number of carbonyl (C=O) groups is 2. The molecule has 0 saturated carbocycles. The Bertz CT molecular complexity index is 658. The predicted octanol–water partition coefficient (Wildman–Crippen LogP) is 2.02. The molecule has 1 amide bonds. The molecule has 3 unspecified atom stereocenters. The normalized spacial score (nSPS) is 26.0. The zero-order valence-electron chi connectivity index (χ0n) is 13.0. The van der Waals surface area contributed by atoms with E-state index in [1.165, 1.54) is 12.0 Å². The van der Waals surface area contributed by atoms with E-state index in [4.69, 9.17) is 4.74 Å². The Labute approximate surface area is 134 Å². The molecule has 2 heterocycles. The van der Waals surface area contributed by atoms with Gasteiger partial charge in [0.2, 0.25) is 0 Å². The average Bonchev–Trinajstić information content (AvgIpc) is 3.17. The van der Waals surface area contributed by atoms with Crippen molar-refractivity contribution < 1.29 is 19.4 Å². The molecule has 23 heavy (non-hydrogen) atoms. The Kier molecular flexibility index (Phi) is 4.09. The Hall–Kier alpha value is -2.34. The highest BCUT2D eigenvalue weighted by Gasteiger charge is 2.44. The highest BCUT2D eigenvalue weighted by molar-refractivity contribution is 5.76. The molecule has 3 rings (SSSR count). The number of benzene rings is 1. The van der Waals surface area contributed by atoms with Crippen molar-refractivity contribution in [3.05, 3.63) is 41.5 Å². The standard InChI is InChI=1S/C17H20N2O4/c1-3-10-5-4-6-11-9-19(17(21)22)15(14(10)11)12-7-13(18-8-12)16(20)23-2/h3-6,12-13,15,18H,1,7-9H2,2H3,(H,21,22). The molecule has 1 aromatic rings. The number of ether oxygens (including phenoxy) is 1. The van der Waals surface area contributed by atoms with Crippen LogP contribution in [0.2, 0.25) is 0 Å². The molecule has 2 N–H and O–H groups in total. The number of carbonyl (C=O) groups excluding carboxylic acids is 1. The molecular formula is C17H20N2O4. The van der Waals surface area contributed by atoms with Crippen molar-refractivity contribution in [1.82, 2.24) is 10.2 Å². The van der Waals surface area contributed by atoms with E-state index in [9.17, 15) is 14.7 Å². The van der Waals surface area contributed by atoms with Crippen molar-refractivity contribution in [3.63, 3.8) is 0 Å². The topological polar surface area (TPSA) is 78.9 Å². The van der Waals surface area contributed by atoms with E-state index in [1.54, 1.807) is 6.08 Å². The second-order valence-corrected chi connectivity index (χ2v) is 5.96. The zero-order chi connectivity index (χ0) is 16.6. The summed E-state index contributed by atoms with van der Waals surface area (Å²) in [6.45, 7) is 4.79. The fraction of sp³-hybridized carbons (Fsp3) is 0.412. The van der Waals surface area contributed by atoms with Gasteiger partial charge in [0, 0.05) is 6.54 Å². The Morgan fingerprint density at radius 3 is 2.91 bits per heavy atom. The molecule has 0 radical (unpaired) electrons. The van der Waals surface area contributed by atoms with Crippen LogP contribution in [0.3, 0.4) is 0 Å². The van der Waals surface area contributed by atoms with E-state index >= 15 is 0 Å². The van der Waals surface area contributed by atoms with Gasteiger partial charge >= 0.3 is 12.1 Å². The SMILES string of the molecule is C=Cc1cccc2c1C(C1CNC(C(=O)OC)C1)N(C(=O)O)C2. The summed E-state index contributed by atoms with van der Waals surface area (Å²) >= 11 is 0. The first-order chi connectivity index (χ1) is 11.1. The summed E-state index contributed by atoms with van der Waals surface area (Å²) in [5.74, 6) is -0.276. The van der Waals surface area contributed by atoms with Crippen LogP contribution >= 0.6 is 0 Å². The Balaban J connectivity index is 1.95. The average molecular weight is 316 g/mol. The smallest absolute Gasteiger partial charge is 0.408 e. The summed E-state index contributed by atoms with van der Waals surface area (Å²) in [7, 11) is 1.36. The lowest BCUT2D eigenvalue weighted by Crippen LogP contribution is -2.33. The van der Waals surface area contributed by atoms with Crippen molar-refractivity contribution in [2.45, 2.75) is 25.0 Å². The van der Waals surface area contributed by atoms with E-state index in [0.717, 1.165) is 16.7 Å². The highest BCUT2D eigenvalue weighted by atomic mass is 16.5. The molecule has 0 aromatic heterocycles. The largest absolute Gasteiger partial charge is 0.468 e. The molecule has 3 atom stereocenters. The lowest BCUT2D eigenvalue weighted by molar-refractivity contribution is -0.142. The number of hydrogen-bond donors (Lipinski definition) is 2. The van der Waals surface area contributed by atoms with Crippen LogP contribution in [0.1, 0.15) is 29.2 Å². The fourth-order valence-corrected chi connectivity index (χ4v) is 3.75. The number of nitrogens with zero attached hydrogens (tertiary/aromatic N) is 1. The number of amides is 1. The summed E-state index contributed by atoms with van der Waals surface area (Å²) in [4.78, 5) is 24.9. The van der Waals surface area contributed by atoms with Crippen LogP contribution in [0.25, 0.3) is 6.08 Å². The number of hydrogen-bond acceptors (Lipinski definition) is 4. The number of fused-ring (bicyclic) bond motifs is 1. The molecule has 2 aliphatic rings. The van der Waals surface area contributed by atoms with Crippen LogP contribution in [0.5, 0.6) is 0 Å². The molecule has 1 saturated heterocycles. The van der Waals surface area contributed by atoms with Gasteiger partial charge in [0.1, 0.15) is 6.04 Å². The first-order valence-electron chi connectivity index (χ1n) is 7.61. The van der Waals surface area contributed by atoms with E-state index in [1.807, 2.05) is 18.2 Å². The molecule has 6 heteroatoms. The Morgan fingerprint density at radius 2 is 2.26 bits per heavy atom. The van der Waals surface area contributed by atoms with Crippen LogP contribution < -0.4 is 5.32 Å². The van der Waals surface area contributed by atoms with Gasteiger partial charge in [0.05, 0.1) is 19.7 Å². The molecular weight excluding hydrogens is 296 g/mol. The first-order valence-corrected chi connectivity index (χ1v) is 7.61. The maximum Gasteiger partial charge on any atom is 0.408 e. The van der Waals surface area contributed by atoms with E-state index in [-0.39, 0.29) is 24.0 Å². The van der Waals surface area contributed by atoms with Crippen LogP contribution in [0.15, 0.2) is 24.8 Å². The third-order valence-corrected chi connectivity index (χ3v) is 4.77. The molecule has 6 nitrogen and oxygen atoms in total. The molecule has 122 valence electrons. The minimum Gasteiger partial charge on any atom is -0.468 e. The minimum absolute atomic E-state index is 0.0255. The van der Waals surface area contributed by atoms with Crippen molar-refractivity contribution in [2.75, 3.05) is 13.7 Å². The second-order valence-electron chi connectivity index (χ2n) is 5.96. The molecule has 0 aliphatic carbocycles. The summed E-state index contributed by atoms with van der Waals surface area (Å²) in [6, 6.07) is 5.19. The van der Waals surface area contributed by atoms with E-state index < -0.39 is 6.09 Å². The Morgan fingerprint density at radius 1 is 1.48 bits per heavy atom. The molecule has 2 aliphatic heterocycles. The number of esters is 1. The number of carboxylic acid groups (broad SMARTS) is 1.